The van der Waals surface area contributed by atoms with E-state index in [1.54, 1.807) is 30.6 Å². The van der Waals surface area contributed by atoms with Gasteiger partial charge in [-0.15, -0.1) is 11.6 Å². The molecule has 0 fully saturated rings. The van der Waals surface area contributed by atoms with Gasteiger partial charge < -0.3 is 4.74 Å². The molecule has 0 aliphatic rings. The van der Waals surface area contributed by atoms with Gasteiger partial charge in [-0.05, 0) is 12.1 Å². The number of methoxy groups -OCH3 is 1. The van der Waals surface area contributed by atoms with Crippen LogP contribution >= 0.6 is 11.6 Å². The maximum absolute atomic E-state index is 12.4. The number of benzene rings is 1. The van der Waals surface area contributed by atoms with Crippen LogP contribution in [0.3, 0.4) is 0 Å². The number of aromatic nitrogens is 1. The summed E-state index contributed by atoms with van der Waals surface area (Å²) in [6, 6.07) is 6.27. The van der Waals surface area contributed by atoms with Crippen molar-refractivity contribution in [2.45, 2.75) is 10.9 Å². The van der Waals surface area contributed by atoms with E-state index in [0.29, 0.717) is 5.39 Å². The van der Waals surface area contributed by atoms with Crippen molar-refractivity contribution in [2.75, 3.05) is 19.6 Å². The lowest BCUT2D eigenvalue weighted by atomic mass is 10.2. The van der Waals surface area contributed by atoms with Crippen LogP contribution in [0.5, 0.6) is 0 Å². The van der Waals surface area contributed by atoms with Gasteiger partial charge in [0.25, 0.3) is 0 Å². The predicted octanol–water partition coefficient (Wildman–Crippen LogP) is 1.77. The van der Waals surface area contributed by atoms with Gasteiger partial charge in [0.15, 0.2) is 0 Å². The number of halogens is 1. The number of nitrogens with one attached hydrogen (secondary N) is 1. The third-order valence-corrected chi connectivity index (χ3v) is 4.76. The van der Waals surface area contributed by atoms with E-state index in [1.165, 1.54) is 7.11 Å². The summed E-state index contributed by atoms with van der Waals surface area (Å²) < 4.78 is 32.4. The molecule has 1 heterocycles. The first-order valence-electron chi connectivity index (χ1n) is 5.98. The van der Waals surface area contributed by atoms with E-state index in [9.17, 15) is 8.42 Å². The summed E-state index contributed by atoms with van der Waals surface area (Å²) in [7, 11) is -2.17. The SMILES string of the molecule is COCC(CCl)NS(=O)(=O)c1cccc2cnccc12. The van der Waals surface area contributed by atoms with Crippen LogP contribution in [0.15, 0.2) is 41.6 Å². The monoisotopic (exact) mass is 314 g/mol. The van der Waals surface area contributed by atoms with Gasteiger partial charge in [-0.2, -0.15) is 0 Å². The molecule has 0 saturated heterocycles. The summed E-state index contributed by atoms with van der Waals surface area (Å²) in [6.45, 7) is 0.217. The minimum Gasteiger partial charge on any atom is -0.383 e. The van der Waals surface area contributed by atoms with E-state index in [1.807, 2.05) is 6.07 Å². The van der Waals surface area contributed by atoms with Crippen molar-refractivity contribution in [3.8, 4) is 0 Å². The minimum atomic E-state index is -3.66. The molecule has 0 aliphatic carbocycles. The number of nitrogens with zero attached hydrogens (tertiary/aromatic N) is 1. The molecule has 2 rings (SSSR count). The first kappa shape index (κ1) is 15.2. The van der Waals surface area contributed by atoms with Crippen LogP contribution in [0, 0.1) is 0 Å². The van der Waals surface area contributed by atoms with E-state index >= 15 is 0 Å². The molecular formula is C13H15ClN2O3S. The molecule has 1 unspecified atom stereocenters. The predicted molar refractivity (Wildman–Crippen MR) is 78.4 cm³/mol. The number of fused-ring (bicyclic) bond motifs is 1. The minimum absolute atomic E-state index is 0.138. The molecule has 0 bridgehead atoms. The molecule has 0 aliphatic heterocycles. The molecule has 1 aromatic heterocycles. The molecule has 0 saturated carbocycles. The lowest BCUT2D eigenvalue weighted by Gasteiger charge is -2.16. The third-order valence-electron chi connectivity index (χ3n) is 2.81. The molecule has 0 amide bonds. The van der Waals surface area contributed by atoms with Crippen LogP contribution in [0.25, 0.3) is 10.8 Å². The molecule has 1 N–H and O–H groups in total. The van der Waals surface area contributed by atoms with Gasteiger partial charge >= 0.3 is 0 Å². The average molecular weight is 315 g/mol. The van der Waals surface area contributed by atoms with Gasteiger partial charge in [-0.1, -0.05) is 12.1 Å². The first-order chi connectivity index (χ1) is 9.58. The average Bonchev–Trinajstić information content (AvgIpc) is 2.46. The zero-order valence-corrected chi connectivity index (χ0v) is 12.5. The van der Waals surface area contributed by atoms with Crippen molar-refractivity contribution in [1.82, 2.24) is 9.71 Å². The molecule has 7 heteroatoms. The Balaban J connectivity index is 2.41. The number of pyridine rings is 1. The highest BCUT2D eigenvalue weighted by molar-refractivity contribution is 7.89. The van der Waals surface area contributed by atoms with Crippen LogP contribution < -0.4 is 4.72 Å². The molecule has 0 radical (unpaired) electrons. The highest BCUT2D eigenvalue weighted by Crippen LogP contribution is 2.22. The van der Waals surface area contributed by atoms with Gasteiger partial charge in [0, 0.05) is 36.2 Å². The van der Waals surface area contributed by atoms with E-state index in [-0.39, 0.29) is 17.4 Å². The standard InChI is InChI=1S/C13H15ClN2O3S/c1-19-9-11(7-14)16-20(17,18)13-4-2-3-10-8-15-6-5-12(10)13/h2-6,8,11,16H,7,9H2,1H3. The first-order valence-corrected chi connectivity index (χ1v) is 8.00. The molecular weight excluding hydrogens is 300 g/mol. The summed E-state index contributed by atoms with van der Waals surface area (Å²) in [6.07, 6.45) is 3.19. The highest BCUT2D eigenvalue weighted by atomic mass is 35.5. The molecule has 0 spiro atoms. The Hall–Kier alpha value is -1.21. The summed E-state index contributed by atoms with van der Waals surface area (Å²) in [5.41, 5.74) is 0. The second-order valence-electron chi connectivity index (χ2n) is 4.28. The number of rotatable bonds is 6. The summed E-state index contributed by atoms with van der Waals surface area (Å²) >= 11 is 5.74. The van der Waals surface area contributed by atoms with Gasteiger partial charge in [0.2, 0.25) is 10.0 Å². The van der Waals surface area contributed by atoms with Gasteiger partial charge in [-0.3, -0.25) is 4.98 Å². The summed E-state index contributed by atoms with van der Waals surface area (Å²) in [5.74, 6) is 0.138. The van der Waals surface area contributed by atoms with Crippen molar-refractivity contribution in [3.63, 3.8) is 0 Å². The Kier molecular flexibility index (Phi) is 4.93. The van der Waals surface area contributed by atoms with Crippen molar-refractivity contribution in [1.29, 1.82) is 0 Å². The van der Waals surface area contributed by atoms with Crippen LogP contribution in [-0.4, -0.2) is 39.0 Å². The Morgan fingerprint density at radius 1 is 1.40 bits per heavy atom. The Morgan fingerprint density at radius 3 is 2.90 bits per heavy atom. The zero-order chi connectivity index (χ0) is 14.6. The number of ether oxygens (including phenoxy) is 1. The Labute approximate surface area is 123 Å². The van der Waals surface area contributed by atoms with Crippen LogP contribution in [0.4, 0.5) is 0 Å². The fourth-order valence-corrected chi connectivity index (χ4v) is 3.63. The largest absolute Gasteiger partial charge is 0.383 e. The summed E-state index contributed by atoms with van der Waals surface area (Å²) in [4.78, 5) is 4.20. The molecule has 108 valence electrons. The molecule has 5 nitrogen and oxygen atoms in total. The molecule has 1 atom stereocenters. The molecule has 20 heavy (non-hydrogen) atoms. The second kappa shape index (κ2) is 6.49. The highest BCUT2D eigenvalue weighted by Gasteiger charge is 2.21. The van der Waals surface area contributed by atoms with E-state index in [2.05, 4.69) is 9.71 Å². The maximum Gasteiger partial charge on any atom is 0.241 e. The van der Waals surface area contributed by atoms with Crippen LogP contribution in [0.2, 0.25) is 0 Å². The smallest absolute Gasteiger partial charge is 0.241 e. The van der Waals surface area contributed by atoms with E-state index < -0.39 is 16.1 Å². The van der Waals surface area contributed by atoms with Crippen molar-refractivity contribution in [2.24, 2.45) is 0 Å². The van der Waals surface area contributed by atoms with Crippen molar-refractivity contribution >= 4 is 32.4 Å². The Bertz CT molecular complexity index is 686. The fourth-order valence-electron chi connectivity index (χ4n) is 1.92. The molecule has 2 aromatic rings. The summed E-state index contributed by atoms with van der Waals surface area (Å²) in [5, 5.41) is 1.39. The van der Waals surface area contributed by atoms with E-state index in [4.69, 9.17) is 16.3 Å². The number of alkyl halides is 1. The number of sulfonamides is 1. The van der Waals surface area contributed by atoms with E-state index in [0.717, 1.165) is 5.39 Å². The Morgan fingerprint density at radius 2 is 2.20 bits per heavy atom. The topological polar surface area (TPSA) is 68.3 Å². The maximum atomic E-state index is 12.4. The normalized spacial score (nSPS) is 13.5. The van der Waals surface area contributed by atoms with Crippen LogP contribution in [0.1, 0.15) is 0 Å². The lowest BCUT2D eigenvalue weighted by molar-refractivity contribution is 0.181. The van der Waals surface area contributed by atoms with Crippen molar-refractivity contribution < 1.29 is 13.2 Å². The number of hydrogen-bond donors (Lipinski definition) is 1. The van der Waals surface area contributed by atoms with Gasteiger partial charge in [0.05, 0.1) is 17.5 Å². The van der Waals surface area contributed by atoms with Crippen molar-refractivity contribution in [3.05, 3.63) is 36.7 Å². The number of hydrogen-bond acceptors (Lipinski definition) is 4. The van der Waals surface area contributed by atoms with Gasteiger partial charge in [-0.25, -0.2) is 13.1 Å². The second-order valence-corrected chi connectivity index (χ2v) is 6.27. The lowest BCUT2D eigenvalue weighted by Crippen LogP contribution is -2.39. The van der Waals surface area contributed by atoms with Gasteiger partial charge in [0.1, 0.15) is 0 Å². The molecule has 1 aromatic carbocycles. The fraction of sp³-hybridized carbons (Fsp3) is 0.308. The quantitative estimate of drug-likeness (QED) is 0.825. The third kappa shape index (κ3) is 3.27. The van der Waals surface area contributed by atoms with Crippen LogP contribution in [-0.2, 0) is 14.8 Å². The zero-order valence-electron chi connectivity index (χ0n) is 10.9.